The normalized spacial score (nSPS) is 23.4. The average molecular weight is 461 g/mol. The van der Waals surface area contributed by atoms with Gasteiger partial charge in [0.15, 0.2) is 0 Å². The van der Waals surface area contributed by atoms with Gasteiger partial charge in [0.05, 0.1) is 0 Å². The summed E-state index contributed by atoms with van der Waals surface area (Å²) in [6.07, 6.45) is 2.52. The predicted octanol–water partition coefficient (Wildman–Crippen LogP) is 2.61. The molecule has 0 aromatic heterocycles. The van der Waals surface area contributed by atoms with Gasteiger partial charge in [-0.15, -0.1) is 0 Å². The van der Waals surface area contributed by atoms with Gasteiger partial charge in [-0.25, -0.2) is 4.39 Å². The van der Waals surface area contributed by atoms with Crippen LogP contribution in [-0.4, -0.2) is 52.6 Å². The molecular weight excluding hydrogens is 437 g/mol. The Morgan fingerprint density at radius 3 is 2.47 bits per heavy atom. The number of imide groups is 1. The fourth-order valence-corrected chi connectivity index (χ4v) is 6.01. The third kappa shape index (κ3) is 3.31. The number of carbonyl (C=O) groups excluding carboxylic acids is 4. The molecule has 2 saturated heterocycles. The lowest BCUT2D eigenvalue weighted by atomic mass is 9.56. The van der Waals surface area contributed by atoms with Crippen LogP contribution in [0.4, 0.5) is 4.39 Å². The second-order valence-electron chi connectivity index (χ2n) is 10.1. The maximum Gasteiger partial charge on any atom is 0.255 e. The Hall–Kier alpha value is -3.55. The van der Waals surface area contributed by atoms with Crippen molar-refractivity contribution in [3.63, 3.8) is 0 Å². The molecule has 1 aliphatic carbocycles. The minimum Gasteiger partial charge on any atom is -0.337 e. The summed E-state index contributed by atoms with van der Waals surface area (Å²) >= 11 is 0. The summed E-state index contributed by atoms with van der Waals surface area (Å²) in [4.78, 5) is 52.9. The van der Waals surface area contributed by atoms with Gasteiger partial charge in [-0.3, -0.25) is 24.5 Å². The first-order valence-electron chi connectivity index (χ1n) is 11.6. The van der Waals surface area contributed by atoms with Gasteiger partial charge in [0.1, 0.15) is 11.9 Å². The van der Waals surface area contributed by atoms with Crippen LogP contribution in [-0.2, 0) is 16.1 Å². The van der Waals surface area contributed by atoms with E-state index in [0.717, 1.165) is 24.0 Å². The van der Waals surface area contributed by atoms with E-state index in [9.17, 15) is 23.6 Å². The lowest BCUT2D eigenvalue weighted by Gasteiger charge is -2.59. The number of carbonyl (C=O) groups is 4. The molecule has 1 atom stereocenters. The lowest BCUT2D eigenvalue weighted by Crippen LogP contribution is -2.63. The van der Waals surface area contributed by atoms with Crippen LogP contribution < -0.4 is 5.32 Å². The summed E-state index contributed by atoms with van der Waals surface area (Å²) in [5.74, 6) is -0.866. The maximum absolute atomic E-state index is 13.2. The molecule has 174 valence electrons. The molecule has 2 aromatic carbocycles. The van der Waals surface area contributed by atoms with E-state index < -0.39 is 11.9 Å². The number of likely N-dealkylation sites (tertiary alicyclic amines) is 1. The summed E-state index contributed by atoms with van der Waals surface area (Å²) in [6, 6.07) is 11.1. The number of nitrogens with zero attached hydrogens (tertiary/aromatic N) is 2. The molecule has 8 heteroatoms. The minimum atomic E-state index is -0.667. The number of rotatable bonds is 3. The molecule has 4 amide bonds. The zero-order valence-electron chi connectivity index (χ0n) is 18.6. The Morgan fingerprint density at radius 1 is 1.03 bits per heavy atom. The zero-order chi connectivity index (χ0) is 23.6. The van der Waals surface area contributed by atoms with Crippen molar-refractivity contribution in [2.24, 2.45) is 5.41 Å². The van der Waals surface area contributed by atoms with Crippen LogP contribution in [0.25, 0.3) is 0 Å². The number of piperidine rings is 1. The molecule has 34 heavy (non-hydrogen) atoms. The Bertz CT molecular complexity index is 1230. The topological polar surface area (TPSA) is 86.8 Å². The summed E-state index contributed by atoms with van der Waals surface area (Å²) < 4.78 is 13.2. The first kappa shape index (κ1) is 21.0. The summed E-state index contributed by atoms with van der Waals surface area (Å²) in [5.41, 5.74) is 3.09. The first-order valence-corrected chi connectivity index (χ1v) is 11.6. The van der Waals surface area contributed by atoms with E-state index in [2.05, 4.69) is 5.32 Å². The Morgan fingerprint density at radius 2 is 1.76 bits per heavy atom. The number of nitrogens with one attached hydrogen (secondary N) is 1. The average Bonchev–Trinajstić information content (AvgIpc) is 3.08. The van der Waals surface area contributed by atoms with E-state index in [4.69, 9.17) is 0 Å². The van der Waals surface area contributed by atoms with Crippen LogP contribution in [0.2, 0.25) is 0 Å². The van der Waals surface area contributed by atoms with E-state index in [-0.39, 0.29) is 41.9 Å². The van der Waals surface area contributed by atoms with E-state index in [0.29, 0.717) is 36.6 Å². The molecular formula is C26H24FN3O4. The van der Waals surface area contributed by atoms with E-state index in [1.807, 2.05) is 17.0 Å². The highest BCUT2D eigenvalue weighted by Crippen LogP contribution is 2.56. The highest BCUT2D eigenvalue weighted by Gasteiger charge is 2.54. The van der Waals surface area contributed by atoms with Crippen LogP contribution in [0.15, 0.2) is 42.5 Å². The maximum atomic E-state index is 13.2. The van der Waals surface area contributed by atoms with Crippen molar-refractivity contribution >= 4 is 23.6 Å². The largest absolute Gasteiger partial charge is 0.337 e. The Balaban J connectivity index is 1.09. The number of benzene rings is 2. The second-order valence-corrected chi connectivity index (χ2v) is 10.1. The third-order valence-electron chi connectivity index (χ3n) is 7.81. The van der Waals surface area contributed by atoms with Gasteiger partial charge in [-0.1, -0.05) is 12.1 Å². The van der Waals surface area contributed by atoms with Gasteiger partial charge in [0.2, 0.25) is 11.8 Å². The molecule has 3 heterocycles. The van der Waals surface area contributed by atoms with Crippen molar-refractivity contribution in [2.45, 2.75) is 44.2 Å². The van der Waals surface area contributed by atoms with Crippen LogP contribution in [0.1, 0.15) is 63.4 Å². The molecule has 7 nitrogen and oxygen atoms in total. The van der Waals surface area contributed by atoms with Gasteiger partial charge in [-0.05, 0) is 66.6 Å². The van der Waals surface area contributed by atoms with Gasteiger partial charge >= 0.3 is 0 Å². The molecule has 1 unspecified atom stereocenters. The Labute approximate surface area is 195 Å². The minimum absolute atomic E-state index is 0.0504. The quantitative estimate of drug-likeness (QED) is 0.712. The molecule has 3 aliphatic heterocycles. The fraction of sp³-hybridized carbons (Fsp3) is 0.385. The molecule has 0 radical (unpaired) electrons. The van der Waals surface area contributed by atoms with Crippen LogP contribution in [0, 0.1) is 11.2 Å². The monoisotopic (exact) mass is 461 g/mol. The summed E-state index contributed by atoms with van der Waals surface area (Å²) in [6.45, 7) is 1.68. The van der Waals surface area contributed by atoms with E-state index >= 15 is 0 Å². The molecule has 1 spiro atoms. The standard InChI is InChI=1S/C26H24FN3O4/c27-19-4-1-15(2-5-19)18-10-26(11-18)13-29(14-26)24(33)16-3-6-20-17(9-16)12-30(25(20)34)21-7-8-22(31)28-23(21)32/h1-6,9,18,21H,7-8,10-14H2,(H,28,31,32). The van der Waals surface area contributed by atoms with Crippen molar-refractivity contribution in [1.29, 1.82) is 0 Å². The highest BCUT2D eigenvalue weighted by atomic mass is 19.1. The van der Waals surface area contributed by atoms with Crippen molar-refractivity contribution in [3.05, 3.63) is 70.5 Å². The SMILES string of the molecule is O=C1CCC(N2Cc3cc(C(=O)N4CC5(CC(c6ccc(F)cc6)C5)C4)ccc3C2=O)C(=O)N1. The van der Waals surface area contributed by atoms with Gasteiger partial charge in [-0.2, -0.15) is 0 Å². The number of hydrogen-bond donors (Lipinski definition) is 1. The van der Waals surface area contributed by atoms with Crippen molar-refractivity contribution in [2.75, 3.05) is 13.1 Å². The molecule has 6 rings (SSSR count). The van der Waals surface area contributed by atoms with Crippen LogP contribution >= 0.6 is 0 Å². The van der Waals surface area contributed by atoms with Crippen LogP contribution in [0.3, 0.4) is 0 Å². The second kappa shape index (κ2) is 7.48. The molecule has 2 aromatic rings. The van der Waals surface area contributed by atoms with Gasteiger partial charge in [0, 0.05) is 42.6 Å². The fourth-order valence-electron chi connectivity index (χ4n) is 6.01. The molecule has 4 aliphatic rings. The number of halogens is 1. The molecule has 0 bridgehead atoms. The third-order valence-corrected chi connectivity index (χ3v) is 7.81. The molecule has 1 N–H and O–H groups in total. The van der Waals surface area contributed by atoms with Crippen molar-refractivity contribution in [1.82, 2.24) is 15.1 Å². The van der Waals surface area contributed by atoms with Gasteiger partial charge < -0.3 is 9.80 Å². The smallest absolute Gasteiger partial charge is 0.255 e. The highest BCUT2D eigenvalue weighted by molar-refractivity contribution is 6.06. The van der Waals surface area contributed by atoms with Crippen LogP contribution in [0.5, 0.6) is 0 Å². The summed E-state index contributed by atoms with van der Waals surface area (Å²) in [7, 11) is 0. The molecule has 1 saturated carbocycles. The predicted molar refractivity (Wildman–Crippen MR) is 119 cm³/mol. The Kier molecular flexibility index (Phi) is 4.62. The number of hydrogen-bond acceptors (Lipinski definition) is 4. The van der Waals surface area contributed by atoms with Crippen molar-refractivity contribution in [3.8, 4) is 0 Å². The molecule has 3 fully saturated rings. The van der Waals surface area contributed by atoms with Crippen molar-refractivity contribution < 1.29 is 23.6 Å². The number of amides is 4. The summed E-state index contributed by atoms with van der Waals surface area (Å²) in [5, 5.41) is 2.30. The van der Waals surface area contributed by atoms with E-state index in [1.165, 1.54) is 17.0 Å². The number of fused-ring (bicyclic) bond motifs is 1. The van der Waals surface area contributed by atoms with E-state index in [1.54, 1.807) is 18.2 Å². The zero-order valence-corrected chi connectivity index (χ0v) is 18.6. The lowest BCUT2D eigenvalue weighted by molar-refractivity contribution is -0.136. The first-order chi connectivity index (χ1) is 16.3. The van der Waals surface area contributed by atoms with Gasteiger partial charge in [0.25, 0.3) is 11.8 Å².